The molecule has 2 nitrogen and oxygen atoms in total. The second-order valence-corrected chi connectivity index (χ2v) is 1.82. The molecule has 9 heavy (non-hydrogen) atoms. The Balaban J connectivity index is -0.0000000720. The molecule has 0 saturated carbocycles. The number of carbonyl (C=O) groups is 2. The summed E-state index contributed by atoms with van der Waals surface area (Å²) in [5, 5.41) is 0. The average Bonchev–Trinajstić information content (AvgIpc) is 1.25. The van der Waals surface area contributed by atoms with Crippen LogP contribution in [0, 0.1) is 0 Å². The van der Waals surface area contributed by atoms with Gasteiger partial charge in [-0.3, -0.25) is 0 Å². The van der Waals surface area contributed by atoms with Gasteiger partial charge in [-0.1, -0.05) is 0 Å². The van der Waals surface area contributed by atoms with Gasteiger partial charge < -0.3 is 9.59 Å². The van der Waals surface area contributed by atoms with Crippen LogP contribution in [-0.2, 0) is 9.59 Å². The fourth-order valence-corrected chi connectivity index (χ4v) is 0. The molecule has 1 radical (unpaired) electrons. The number of Topliss-reactive ketones (excluding diaryl/α,β-unsaturated/α-hetero) is 2. The summed E-state index contributed by atoms with van der Waals surface area (Å²) in [6, 6.07) is 0. The third-order valence-corrected chi connectivity index (χ3v) is 0. The zero-order valence-corrected chi connectivity index (χ0v) is 9.94. The van der Waals surface area contributed by atoms with Crippen LogP contribution in [0.2, 0.25) is 0 Å². The molecule has 0 rings (SSSR count). The summed E-state index contributed by atoms with van der Waals surface area (Å²) < 4.78 is 0. The average molecular weight is 155 g/mol. The van der Waals surface area contributed by atoms with E-state index >= 15 is 0 Å². The van der Waals surface area contributed by atoms with E-state index in [4.69, 9.17) is 0 Å². The molecule has 0 aromatic heterocycles. The molecule has 0 atom stereocenters. The maximum absolute atomic E-state index is 9.44. The molecule has 49 valence electrons. The molecule has 0 fully saturated rings. The maximum Gasteiger partial charge on any atom is 0.126 e. The molecule has 0 aliphatic carbocycles. The quantitative estimate of drug-likeness (QED) is 0.485. The van der Waals surface area contributed by atoms with Crippen molar-refractivity contribution in [1.82, 2.24) is 0 Å². The Morgan fingerprint density at radius 2 is 0.778 bits per heavy atom. The zero-order valence-electron chi connectivity index (χ0n) is 6.82. The van der Waals surface area contributed by atoms with Crippen LogP contribution in [0.25, 0.3) is 0 Å². The van der Waals surface area contributed by atoms with Crippen LogP contribution in [0.5, 0.6) is 0 Å². The van der Waals surface area contributed by atoms with Crippen LogP contribution in [0.4, 0.5) is 0 Å². The Bertz CT molecular complexity index is 69.1. The molecule has 0 aliphatic rings. The number of rotatable bonds is 0. The van der Waals surface area contributed by atoms with Gasteiger partial charge in [0, 0.05) is 51.4 Å². The standard InChI is InChI=1S/2C3H6O.K/c2*1-3(2)4;/h2*1-2H3;. The van der Waals surface area contributed by atoms with Gasteiger partial charge in [-0.2, -0.15) is 0 Å². The van der Waals surface area contributed by atoms with Crippen molar-refractivity contribution in [3.63, 3.8) is 0 Å². The van der Waals surface area contributed by atoms with Crippen molar-refractivity contribution in [3.05, 3.63) is 0 Å². The molecule has 0 aliphatic heterocycles. The molecular formula is C6H12KO2. The van der Waals surface area contributed by atoms with E-state index in [0.717, 1.165) is 0 Å². The van der Waals surface area contributed by atoms with Crippen LogP contribution in [0.1, 0.15) is 27.7 Å². The van der Waals surface area contributed by atoms with E-state index in [2.05, 4.69) is 0 Å². The van der Waals surface area contributed by atoms with Gasteiger partial charge in [0.05, 0.1) is 0 Å². The molecular weight excluding hydrogens is 143 g/mol. The van der Waals surface area contributed by atoms with E-state index in [1.54, 1.807) is 0 Å². The predicted molar refractivity (Wildman–Crippen MR) is 38.5 cm³/mol. The molecule has 0 aromatic carbocycles. The Kier molecular flexibility index (Phi) is 21.5. The smallest absolute Gasteiger partial charge is 0.126 e. The summed E-state index contributed by atoms with van der Waals surface area (Å²) in [7, 11) is 0. The molecule has 0 unspecified atom stereocenters. The van der Waals surface area contributed by atoms with Crippen molar-refractivity contribution >= 4 is 63.0 Å². The summed E-state index contributed by atoms with van der Waals surface area (Å²) >= 11 is 0. The maximum atomic E-state index is 9.44. The first kappa shape index (κ1) is 16.5. The minimum absolute atomic E-state index is 0. The first-order valence-electron chi connectivity index (χ1n) is 2.41. The van der Waals surface area contributed by atoms with Gasteiger partial charge in [-0.25, -0.2) is 0 Å². The normalized spacial score (nSPS) is 5.78. The second-order valence-electron chi connectivity index (χ2n) is 1.82. The largest absolute Gasteiger partial charge is 0.300 e. The van der Waals surface area contributed by atoms with Gasteiger partial charge in [0.2, 0.25) is 0 Å². The number of hydrogen-bond donors (Lipinski definition) is 0. The van der Waals surface area contributed by atoms with Crippen LogP contribution in [-0.4, -0.2) is 63.0 Å². The van der Waals surface area contributed by atoms with Crippen molar-refractivity contribution in [2.24, 2.45) is 0 Å². The van der Waals surface area contributed by atoms with Gasteiger partial charge >= 0.3 is 0 Å². The monoisotopic (exact) mass is 155 g/mol. The van der Waals surface area contributed by atoms with Gasteiger partial charge in [0.1, 0.15) is 11.6 Å². The molecule has 0 heterocycles. The molecule has 0 saturated heterocycles. The first-order valence-corrected chi connectivity index (χ1v) is 2.41. The third-order valence-electron chi connectivity index (χ3n) is 0. The molecule has 0 aromatic rings. The Morgan fingerprint density at radius 3 is 0.778 bits per heavy atom. The molecule has 0 bridgehead atoms. The first-order chi connectivity index (χ1) is 3.46. The predicted octanol–water partition coefficient (Wildman–Crippen LogP) is 0.810. The summed E-state index contributed by atoms with van der Waals surface area (Å²) in [5.74, 6) is 0.333. The van der Waals surface area contributed by atoms with E-state index in [-0.39, 0.29) is 63.0 Å². The third kappa shape index (κ3) is 458. The van der Waals surface area contributed by atoms with Crippen LogP contribution in [0.15, 0.2) is 0 Å². The Labute approximate surface area is 98.8 Å². The van der Waals surface area contributed by atoms with Crippen molar-refractivity contribution in [2.45, 2.75) is 27.7 Å². The number of hydrogen-bond acceptors (Lipinski definition) is 2. The summed E-state index contributed by atoms with van der Waals surface area (Å²) in [4.78, 5) is 18.9. The van der Waals surface area contributed by atoms with E-state index in [1.165, 1.54) is 27.7 Å². The molecule has 3 heteroatoms. The minimum Gasteiger partial charge on any atom is -0.300 e. The Morgan fingerprint density at radius 1 is 0.778 bits per heavy atom. The van der Waals surface area contributed by atoms with Gasteiger partial charge in [0.15, 0.2) is 0 Å². The molecule has 0 N–H and O–H groups in total. The van der Waals surface area contributed by atoms with Gasteiger partial charge in [0.25, 0.3) is 0 Å². The van der Waals surface area contributed by atoms with Crippen molar-refractivity contribution in [1.29, 1.82) is 0 Å². The van der Waals surface area contributed by atoms with Gasteiger partial charge in [-0.05, 0) is 27.7 Å². The summed E-state index contributed by atoms with van der Waals surface area (Å²) in [5.41, 5.74) is 0. The fraction of sp³-hybridized carbons (Fsp3) is 0.667. The SMILES string of the molecule is CC(C)=O.CC(C)=O.[K]. The molecule has 0 spiro atoms. The van der Waals surface area contributed by atoms with Crippen LogP contribution >= 0.6 is 0 Å². The Hall–Kier alpha value is 0.976. The summed E-state index contributed by atoms with van der Waals surface area (Å²) in [6.07, 6.45) is 0. The van der Waals surface area contributed by atoms with Crippen molar-refractivity contribution in [2.75, 3.05) is 0 Å². The van der Waals surface area contributed by atoms with E-state index in [9.17, 15) is 9.59 Å². The van der Waals surface area contributed by atoms with Crippen LogP contribution < -0.4 is 0 Å². The van der Waals surface area contributed by atoms with Crippen molar-refractivity contribution < 1.29 is 9.59 Å². The van der Waals surface area contributed by atoms with Gasteiger partial charge in [-0.15, -0.1) is 0 Å². The second kappa shape index (κ2) is 11.7. The van der Waals surface area contributed by atoms with E-state index in [0.29, 0.717) is 0 Å². The minimum atomic E-state index is 0. The zero-order chi connectivity index (χ0) is 7.15. The van der Waals surface area contributed by atoms with E-state index < -0.39 is 0 Å². The number of carbonyl (C=O) groups excluding carboxylic acids is 2. The molecule has 0 amide bonds. The van der Waals surface area contributed by atoms with Crippen molar-refractivity contribution in [3.8, 4) is 0 Å². The fourth-order valence-electron chi connectivity index (χ4n) is 0. The summed E-state index contributed by atoms with van der Waals surface area (Å²) in [6.45, 7) is 6.11. The number of ketones is 2. The van der Waals surface area contributed by atoms with E-state index in [1.807, 2.05) is 0 Å². The topological polar surface area (TPSA) is 34.1 Å². The van der Waals surface area contributed by atoms with Crippen LogP contribution in [0.3, 0.4) is 0 Å².